The summed E-state index contributed by atoms with van der Waals surface area (Å²) in [7, 11) is 0. The number of aliphatic carboxylic acids is 2. The summed E-state index contributed by atoms with van der Waals surface area (Å²) in [5, 5.41) is 30.1. The Hall–Kier alpha value is -3.75. The molecular formula is C31H38O9. The van der Waals surface area contributed by atoms with E-state index >= 15 is 0 Å². The van der Waals surface area contributed by atoms with Gasteiger partial charge in [-0.25, -0.2) is 4.79 Å². The van der Waals surface area contributed by atoms with Crippen molar-refractivity contribution in [2.45, 2.75) is 77.7 Å². The molecule has 40 heavy (non-hydrogen) atoms. The lowest BCUT2D eigenvalue weighted by molar-refractivity contribution is -0.160. The monoisotopic (exact) mass is 554 g/mol. The van der Waals surface area contributed by atoms with Crippen LogP contribution >= 0.6 is 0 Å². The summed E-state index contributed by atoms with van der Waals surface area (Å²) in [5.41, 5.74) is 1.06. The molecule has 0 saturated heterocycles. The number of phenolic OH excluding ortho intramolecular Hbond substituents is 1. The number of phenols is 1. The molecule has 0 amide bonds. The lowest BCUT2D eigenvalue weighted by atomic mass is 9.84. The highest BCUT2D eigenvalue weighted by Crippen LogP contribution is 2.54. The van der Waals surface area contributed by atoms with Crippen molar-refractivity contribution in [3.63, 3.8) is 0 Å². The van der Waals surface area contributed by atoms with Gasteiger partial charge in [0.15, 0.2) is 5.78 Å². The van der Waals surface area contributed by atoms with Gasteiger partial charge in [0.05, 0.1) is 24.7 Å². The lowest BCUT2D eigenvalue weighted by Crippen LogP contribution is -2.50. The summed E-state index contributed by atoms with van der Waals surface area (Å²) in [6, 6.07) is 7.07. The van der Waals surface area contributed by atoms with E-state index in [1.807, 2.05) is 26.0 Å². The minimum absolute atomic E-state index is 0.0281. The molecule has 2 aromatic rings. The maximum Gasteiger partial charge on any atom is 0.348 e. The molecule has 3 atom stereocenters. The number of hydrogen-bond donors (Lipinski definition) is 3. The van der Waals surface area contributed by atoms with E-state index in [4.69, 9.17) is 14.2 Å². The molecule has 1 aliphatic heterocycles. The van der Waals surface area contributed by atoms with Gasteiger partial charge in [0.25, 0.3) is 0 Å². The van der Waals surface area contributed by atoms with Gasteiger partial charge >= 0.3 is 11.9 Å². The van der Waals surface area contributed by atoms with Crippen molar-refractivity contribution in [2.75, 3.05) is 13.2 Å². The molecule has 0 bridgehead atoms. The second kappa shape index (κ2) is 12.2. The van der Waals surface area contributed by atoms with Gasteiger partial charge in [-0.2, -0.15) is 0 Å². The molecule has 4 rings (SSSR count). The molecule has 3 unspecified atom stereocenters. The number of ketones is 1. The molecule has 0 radical (unpaired) electrons. The average molecular weight is 555 g/mol. The molecule has 1 aliphatic carbocycles. The maximum absolute atomic E-state index is 12.4. The molecule has 2 aromatic carbocycles. The van der Waals surface area contributed by atoms with E-state index in [0.29, 0.717) is 68.1 Å². The molecule has 0 aromatic heterocycles. The third kappa shape index (κ3) is 5.74. The van der Waals surface area contributed by atoms with Crippen LogP contribution in [0.2, 0.25) is 0 Å². The Morgan fingerprint density at radius 3 is 2.17 bits per heavy atom. The number of Topliss-reactive ketones (excluding diaryl/α,β-unsaturated/α-hetero) is 1. The topological polar surface area (TPSA) is 140 Å². The van der Waals surface area contributed by atoms with Gasteiger partial charge in [-0.3, -0.25) is 9.59 Å². The van der Waals surface area contributed by atoms with Crippen molar-refractivity contribution in [1.82, 2.24) is 0 Å². The van der Waals surface area contributed by atoms with Crippen molar-refractivity contribution < 1.29 is 43.9 Å². The molecule has 3 N–H and O–H groups in total. The number of fused-ring (bicyclic) bond motifs is 1. The fraction of sp³-hybridized carbons (Fsp3) is 0.516. The van der Waals surface area contributed by atoms with Gasteiger partial charge < -0.3 is 29.5 Å². The van der Waals surface area contributed by atoms with Gasteiger partial charge in [-0.05, 0) is 56.4 Å². The summed E-state index contributed by atoms with van der Waals surface area (Å²) in [6.07, 6.45) is 4.36. The first-order chi connectivity index (χ1) is 19.1. The van der Waals surface area contributed by atoms with Crippen LogP contribution in [0.5, 0.6) is 23.0 Å². The molecular weight excluding hydrogens is 516 g/mol. The Morgan fingerprint density at radius 2 is 1.60 bits per heavy atom. The van der Waals surface area contributed by atoms with Gasteiger partial charge in [0.1, 0.15) is 23.0 Å². The highest BCUT2D eigenvalue weighted by atomic mass is 16.5. The normalized spacial score (nSPS) is 21.2. The number of carboxylic acid groups (broad SMARTS) is 2. The van der Waals surface area contributed by atoms with Crippen molar-refractivity contribution in [1.29, 1.82) is 0 Å². The second-order valence-corrected chi connectivity index (χ2v) is 10.7. The van der Waals surface area contributed by atoms with Crippen molar-refractivity contribution in [3.8, 4) is 23.0 Å². The fourth-order valence-corrected chi connectivity index (χ4v) is 5.66. The van der Waals surface area contributed by atoms with Crippen molar-refractivity contribution in [2.24, 2.45) is 11.8 Å². The first-order valence-electron chi connectivity index (χ1n) is 14.1. The van der Waals surface area contributed by atoms with E-state index in [1.54, 1.807) is 12.1 Å². The van der Waals surface area contributed by atoms with E-state index in [2.05, 4.69) is 0 Å². The predicted octanol–water partition coefficient (Wildman–Crippen LogP) is 5.22. The molecule has 216 valence electrons. The zero-order chi connectivity index (χ0) is 29.0. The Morgan fingerprint density at radius 1 is 0.975 bits per heavy atom. The summed E-state index contributed by atoms with van der Waals surface area (Å²) < 4.78 is 18.3. The minimum atomic E-state index is -1.55. The number of aromatic hydroxyl groups is 1. The molecule has 9 nitrogen and oxygen atoms in total. The summed E-state index contributed by atoms with van der Waals surface area (Å²) in [6.45, 7) is 6.10. The van der Waals surface area contributed by atoms with Gasteiger partial charge in [0, 0.05) is 29.9 Å². The van der Waals surface area contributed by atoms with Crippen LogP contribution in [0.25, 0.3) is 0 Å². The van der Waals surface area contributed by atoms with Gasteiger partial charge in [0.2, 0.25) is 5.60 Å². The number of carboxylic acids is 2. The number of carbonyl (C=O) groups excluding carboxylic acids is 1. The zero-order valence-corrected chi connectivity index (χ0v) is 23.3. The van der Waals surface area contributed by atoms with Crippen molar-refractivity contribution in [3.05, 3.63) is 46.5 Å². The number of aryl methyl sites for hydroxylation is 1. The predicted molar refractivity (Wildman–Crippen MR) is 147 cm³/mol. The number of ether oxygens (including phenoxy) is 3. The Kier molecular flexibility index (Phi) is 8.91. The molecule has 0 spiro atoms. The van der Waals surface area contributed by atoms with E-state index in [-0.39, 0.29) is 23.5 Å². The highest BCUT2D eigenvalue weighted by Gasteiger charge is 2.63. The van der Waals surface area contributed by atoms with E-state index < -0.39 is 29.4 Å². The zero-order valence-electron chi connectivity index (χ0n) is 23.3. The summed E-state index contributed by atoms with van der Waals surface area (Å²) >= 11 is 0. The van der Waals surface area contributed by atoms with Crippen LogP contribution in [0, 0.1) is 11.8 Å². The number of benzene rings is 2. The number of rotatable bonds is 14. The Balaban J connectivity index is 1.45. The smallest absolute Gasteiger partial charge is 0.348 e. The first-order valence-corrected chi connectivity index (χ1v) is 14.1. The van der Waals surface area contributed by atoms with Crippen LogP contribution in [-0.4, -0.2) is 51.9 Å². The highest BCUT2D eigenvalue weighted by molar-refractivity contribution is 5.97. The molecule has 1 fully saturated rings. The minimum Gasteiger partial charge on any atom is -0.507 e. The second-order valence-electron chi connectivity index (χ2n) is 10.7. The third-order valence-corrected chi connectivity index (χ3v) is 7.84. The Bertz CT molecular complexity index is 1280. The number of hydrogen-bond acceptors (Lipinski definition) is 7. The lowest BCUT2D eigenvalue weighted by Gasteiger charge is -2.37. The largest absolute Gasteiger partial charge is 0.507 e. The maximum atomic E-state index is 12.4. The van der Waals surface area contributed by atoms with E-state index in [9.17, 15) is 29.7 Å². The fourth-order valence-electron chi connectivity index (χ4n) is 5.66. The first kappa shape index (κ1) is 29.2. The van der Waals surface area contributed by atoms with Crippen LogP contribution in [0.4, 0.5) is 0 Å². The molecule has 2 aliphatic rings. The number of carbonyl (C=O) groups is 3. The van der Waals surface area contributed by atoms with E-state index in [1.165, 1.54) is 6.92 Å². The van der Waals surface area contributed by atoms with Crippen molar-refractivity contribution >= 4 is 17.7 Å². The molecule has 1 heterocycles. The van der Waals surface area contributed by atoms with Crippen LogP contribution < -0.4 is 14.2 Å². The van der Waals surface area contributed by atoms with Crippen LogP contribution in [0.3, 0.4) is 0 Å². The molecule has 9 heteroatoms. The Labute approximate surface area is 234 Å². The van der Waals surface area contributed by atoms with E-state index in [0.717, 1.165) is 24.0 Å². The standard InChI is InChI=1S/C31H38O9/c1-4-7-21-25(12-10-20(18(3)32)27(21)33)38-15-6-16-39-26-11-9-19-13-14-31(30(36)37,24-17-23(24)29(34)35)40-28(19)22(26)8-5-2/h9-12,23-24,33H,4-8,13-17H2,1-3H3,(H,34,35)(H,36,37). The van der Waals surface area contributed by atoms with Crippen LogP contribution in [0.15, 0.2) is 24.3 Å². The quantitative estimate of drug-likeness (QED) is 0.212. The van der Waals surface area contributed by atoms with Crippen LogP contribution in [0.1, 0.15) is 79.9 Å². The van der Waals surface area contributed by atoms with Gasteiger partial charge in [-0.15, -0.1) is 0 Å². The average Bonchev–Trinajstić information content (AvgIpc) is 3.73. The third-order valence-electron chi connectivity index (χ3n) is 7.84. The summed E-state index contributed by atoms with van der Waals surface area (Å²) in [4.78, 5) is 35.7. The van der Waals surface area contributed by atoms with Gasteiger partial charge in [-0.1, -0.05) is 32.8 Å². The molecule has 1 saturated carbocycles. The summed E-state index contributed by atoms with van der Waals surface area (Å²) in [5.74, 6) is -1.94. The SMILES string of the molecule is CCCc1c(OCCCOc2ccc3c(c2CCC)OC(C(=O)O)(C2CC2C(=O)O)CC3)ccc(C(C)=O)c1O. The van der Waals surface area contributed by atoms with Crippen LogP contribution in [-0.2, 0) is 28.9 Å².